The molecule has 0 saturated heterocycles. The van der Waals surface area contributed by atoms with Crippen LogP contribution in [0.5, 0.6) is 0 Å². The Bertz CT molecular complexity index is 151. The van der Waals surface area contributed by atoms with Crippen LogP contribution >= 0.6 is 27.5 Å². The number of hydrogen-bond donors (Lipinski definition) is 0. The van der Waals surface area contributed by atoms with Crippen molar-refractivity contribution in [1.29, 1.82) is 0 Å². The lowest BCUT2D eigenvalue weighted by atomic mass is 10.3. The fourth-order valence-corrected chi connectivity index (χ4v) is 0.759. The Morgan fingerprint density at radius 1 is 1.67 bits per heavy atom. The van der Waals surface area contributed by atoms with E-state index >= 15 is 0 Å². The highest BCUT2D eigenvalue weighted by atomic mass is 79.9. The molecule has 3 heteroatoms. The van der Waals surface area contributed by atoms with Crippen molar-refractivity contribution in [3.8, 4) is 0 Å². The van der Waals surface area contributed by atoms with Gasteiger partial charge in [0.25, 0.3) is 0 Å². The molecule has 0 unspecified atom stereocenters. The van der Waals surface area contributed by atoms with Crippen LogP contribution in [-0.4, -0.2) is 5.78 Å². The van der Waals surface area contributed by atoms with Crippen LogP contribution in [0.1, 0.15) is 20.3 Å². The fraction of sp³-hybridized carbons (Fsp3) is 0.500. The van der Waals surface area contributed by atoms with Crippen molar-refractivity contribution in [3.63, 3.8) is 0 Å². The van der Waals surface area contributed by atoms with Crippen molar-refractivity contribution in [2.75, 3.05) is 0 Å². The van der Waals surface area contributed by atoms with E-state index in [1.807, 2.05) is 6.92 Å². The van der Waals surface area contributed by atoms with Gasteiger partial charge in [-0.25, -0.2) is 0 Å². The first-order valence-corrected chi connectivity index (χ1v) is 3.81. The summed E-state index contributed by atoms with van der Waals surface area (Å²) in [6.45, 7) is 3.37. The average Bonchev–Trinajstić information content (AvgIpc) is 1.84. The predicted octanol–water partition coefficient (Wildman–Crippen LogP) is 2.83. The number of carbonyl (C=O) groups is 1. The van der Waals surface area contributed by atoms with Crippen LogP contribution in [0.15, 0.2) is 9.51 Å². The van der Waals surface area contributed by atoms with Crippen LogP contribution in [0.4, 0.5) is 0 Å². The van der Waals surface area contributed by atoms with Gasteiger partial charge >= 0.3 is 0 Å². The fourth-order valence-electron chi connectivity index (χ4n) is 0.346. The summed E-state index contributed by atoms with van der Waals surface area (Å²) in [5, 5.41) is 0.303. The van der Waals surface area contributed by atoms with Gasteiger partial charge in [-0.05, 0) is 6.42 Å². The van der Waals surface area contributed by atoms with E-state index in [4.69, 9.17) is 11.6 Å². The molecule has 0 aromatic heterocycles. The maximum absolute atomic E-state index is 10.5. The summed E-state index contributed by atoms with van der Waals surface area (Å²) in [5.74, 6) is -0.0922. The van der Waals surface area contributed by atoms with Gasteiger partial charge in [-0.15, -0.1) is 0 Å². The summed E-state index contributed by atoms with van der Waals surface area (Å²) in [6.07, 6.45) is 0.762. The van der Waals surface area contributed by atoms with Crippen LogP contribution in [-0.2, 0) is 4.79 Å². The van der Waals surface area contributed by atoms with Crippen molar-refractivity contribution in [1.82, 2.24) is 0 Å². The van der Waals surface area contributed by atoms with E-state index in [-0.39, 0.29) is 5.78 Å². The van der Waals surface area contributed by atoms with E-state index in [0.29, 0.717) is 5.03 Å². The van der Waals surface area contributed by atoms with Gasteiger partial charge in [-0.1, -0.05) is 34.5 Å². The monoisotopic (exact) mass is 210 g/mol. The van der Waals surface area contributed by atoms with Crippen LogP contribution in [0.25, 0.3) is 0 Å². The highest BCUT2D eigenvalue weighted by molar-refractivity contribution is 9.11. The van der Waals surface area contributed by atoms with Crippen molar-refractivity contribution in [2.45, 2.75) is 20.3 Å². The molecule has 0 N–H and O–H groups in total. The number of allylic oxidation sites excluding steroid dienone is 2. The van der Waals surface area contributed by atoms with E-state index in [2.05, 4.69) is 15.9 Å². The zero-order valence-electron chi connectivity index (χ0n) is 5.37. The summed E-state index contributed by atoms with van der Waals surface area (Å²) in [5.41, 5.74) is 0. The van der Waals surface area contributed by atoms with Gasteiger partial charge in [0.15, 0.2) is 5.78 Å². The second-order valence-electron chi connectivity index (χ2n) is 1.63. The average molecular weight is 211 g/mol. The molecule has 0 radical (unpaired) electrons. The molecule has 0 aliphatic rings. The molecular weight excluding hydrogens is 203 g/mol. The lowest BCUT2D eigenvalue weighted by Gasteiger charge is -1.94. The largest absolute Gasteiger partial charge is 0.293 e. The Kier molecular flexibility index (Phi) is 4.15. The molecule has 0 aliphatic heterocycles. The van der Waals surface area contributed by atoms with Crippen LogP contribution in [0, 0.1) is 0 Å². The lowest BCUT2D eigenvalue weighted by molar-refractivity contribution is -0.113. The first kappa shape index (κ1) is 9.18. The summed E-state index contributed by atoms with van der Waals surface area (Å²) >= 11 is 8.72. The molecule has 0 atom stereocenters. The van der Waals surface area contributed by atoms with Crippen LogP contribution < -0.4 is 0 Å². The first-order chi connectivity index (χ1) is 4.09. The van der Waals surface area contributed by atoms with Gasteiger partial charge in [-0.3, -0.25) is 4.79 Å². The molecule has 52 valence electrons. The van der Waals surface area contributed by atoms with Crippen LogP contribution in [0.2, 0.25) is 0 Å². The molecule has 0 heterocycles. The summed E-state index contributed by atoms with van der Waals surface area (Å²) in [4.78, 5) is 10.5. The molecule has 0 aromatic carbocycles. The van der Waals surface area contributed by atoms with Crippen molar-refractivity contribution < 1.29 is 4.79 Å². The maximum atomic E-state index is 10.5. The third-order valence-electron chi connectivity index (χ3n) is 0.858. The summed E-state index contributed by atoms with van der Waals surface area (Å²) in [6, 6.07) is 0. The van der Waals surface area contributed by atoms with Gasteiger partial charge in [0.1, 0.15) is 0 Å². The number of Topliss-reactive ketones (excluding diaryl/α,β-unsaturated/α-hetero) is 1. The molecule has 0 rings (SSSR count). The van der Waals surface area contributed by atoms with Crippen molar-refractivity contribution >= 4 is 33.3 Å². The minimum absolute atomic E-state index is 0.0922. The number of carbonyl (C=O) groups excluding carboxylic acids is 1. The third kappa shape index (κ3) is 3.01. The molecule has 0 fully saturated rings. The predicted molar refractivity (Wildman–Crippen MR) is 42.8 cm³/mol. The molecule has 0 bridgehead atoms. The molecular formula is C6H8BrClO. The van der Waals surface area contributed by atoms with E-state index in [0.717, 1.165) is 10.9 Å². The van der Waals surface area contributed by atoms with Gasteiger partial charge < -0.3 is 0 Å². The SMILES string of the molecule is CC/C(Br)=C(\Cl)C(C)=O. The summed E-state index contributed by atoms with van der Waals surface area (Å²) in [7, 11) is 0. The number of halogens is 2. The van der Waals surface area contributed by atoms with E-state index in [9.17, 15) is 4.79 Å². The normalized spacial score (nSPS) is 12.9. The Hall–Kier alpha value is 0.180. The van der Waals surface area contributed by atoms with Crippen molar-refractivity contribution in [3.05, 3.63) is 9.51 Å². The molecule has 0 spiro atoms. The molecule has 9 heavy (non-hydrogen) atoms. The van der Waals surface area contributed by atoms with Crippen LogP contribution in [0.3, 0.4) is 0 Å². The molecule has 0 saturated carbocycles. The highest BCUT2D eigenvalue weighted by Crippen LogP contribution is 2.19. The maximum Gasteiger partial charge on any atom is 0.171 e. The van der Waals surface area contributed by atoms with Gasteiger partial charge in [-0.2, -0.15) is 0 Å². The Balaban J connectivity index is 4.28. The lowest BCUT2D eigenvalue weighted by Crippen LogP contribution is -1.90. The minimum atomic E-state index is -0.0922. The quantitative estimate of drug-likeness (QED) is 0.642. The zero-order chi connectivity index (χ0) is 7.44. The number of ketones is 1. The minimum Gasteiger partial charge on any atom is -0.293 e. The molecule has 0 aromatic rings. The third-order valence-corrected chi connectivity index (χ3v) is 2.54. The second-order valence-corrected chi connectivity index (χ2v) is 2.96. The molecule has 1 nitrogen and oxygen atoms in total. The standard InChI is InChI=1S/C6H8BrClO/c1-3-5(7)6(8)4(2)9/h3H2,1-2H3/b6-5+. The smallest absolute Gasteiger partial charge is 0.171 e. The van der Waals surface area contributed by atoms with Crippen molar-refractivity contribution in [2.24, 2.45) is 0 Å². The van der Waals surface area contributed by atoms with Gasteiger partial charge in [0, 0.05) is 11.4 Å². The highest BCUT2D eigenvalue weighted by Gasteiger charge is 2.02. The Labute approximate surface area is 68.2 Å². The zero-order valence-corrected chi connectivity index (χ0v) is 7.71. The molecule has 0 amide bonds. The van der Waals surface area contributed by atoms with Gasteiger partial charge in [0.2, 0.25) is 0 Å². The molecule has 0 aliphatic carbocycles. The number of hydrogen-bond acceptors (Lipinski definition) is 1. The number of rotatable bonds is 2. The Morgan fingerprint density at radius 2 is 2.11 bits per heavy atom. The first-order valence-electron chi connectivity index (χ1n) is 2.64. The Morgan fingerprint density at radius 3 is 2.22 bits per heavy atom. The van der Waals surface area contributed by atoms with E-state index < -0.39 is 0 Å². The van der Waals surface area contributed by atoms with Gasteiger partial charge in [0.05, 0.1) is 5.03 Å². The second kappa shape index (κ2) is 4.07. The van der Waals surface area contributed by atoms with E-state index in [1.54, 1.807) is 0 Å². The summed E-state index contributed by atoms with van der Waals surface area (Å²) < 4.78 is 0.775. The topological polar surface area (TPSA) is 17.1 Å². The van der Waals surface area contributed by atoms with E-state index in [1.165, 1.54) is 6.92 Å².